The Balaban J connectivity index is 1.84. The van der Waals surface area contributed by atoms with E-state index in [1.807, 2.05) is 0 Å². The van der Waals surface area contributed by atoms with Crippen LogP contribution in [0.15, 0.2) is 36.4 Å². The minimum atomic E-state index is -4.87. The first-order chi connectivity index (χ1) is 14.5. The molecule has 0 spiro atoms. The number of nitro groups is 1. The van der Waals surface area contributed by atoms with E-state index in [-0.39, 0.29) is 28.2 Å². The van der Waals surface area contributed by atoms with Gasteiger partial charge in [0.2, 0.25) is 6.23 Å². The van der Waals surface area contributed by atoms with Gasteiger partial charge in [-0.15, -0.1) is 0 Å². The fourth-order valence-electron chi connectivity index (χ4n) is 3.11. The number of carbonyl (C=O) groups is 1. The minimum Gasteiger partial charge on any atom is -0.335 e. The summed E-state index contributed by atoms with van der Waals surface area (Å²) in [6.45, 7) is 0.851. The van der Waals surface area contributed by atoms with Gasteiger partial charge >= 0.3 is 6.18 Å². The molecule has 8 nitrogen and oxygen atoms in total. The number of hydrogen-bond acceptors (Lipinski definition) is 6. The van der Waals surface area contributed by atoms with Gasteiger partial charge in [-0.05, 0) is 37.3 Å². The van der Waals surface area contributed by atoms with Crippen LogP contribution in [0.3, 0.4) is 0 Å². The zero-order valence-electron chi connectivity index (χ0n) is 15.8. The number of rotatable bonds is 4. The SMILES string of the molecule is Cc1cc(N2C[C@@H](C(=O)Nc3ccc(C#N)cc3F)O[C@@H]2C(F)(F)F)ccc1[N+](=O)[O-]. The van der Waals surface area contributed by atoms with Crippen molar-refractivity contribution in [2.75, 3.05) is 16.8 Å². The molecule has 1 aliphatic rings. The molecule has 31 heavy (non-hydrogen) atoms. The maximum Gasteiger partial charge on any atom is 0.433 e. The molecule has 3 rings (SSSR count). The van der Waals surface area contributed by atoms with Crippen LogP contribution in [0.1, 0.15) is 11.1 Å². The van der Waals surface area contributed by atoms with Gasteiger partial charge in [0.05, 0.1) is 28.8 Å². The molecule has 0 radical (unpaired) electrons. The first kappa shape index (κ1) is 22.0. The predicted molar refractivity (Wildman–Crippen MR) is 99.6 cm³/mol. The summed E-state index contributed by atoms with van der Waals surface area (Å²) in [5, 5.41) is 21.8. The highest BCUT2D eigenvalue weighted by Crippen LogP contribution is 2.36. The number of hydrogen-bond donors (Lipinski definition) is 1. The van der Waals surface area contributed by atoms with E-state index in [2.05, 4.69) is 5.32 Å². The first-order valence-corrected chi connectivity index (χ1v) is 8.75. The van der Waals surface area contributed by atoms with Crippen molar-refractivity contribution < 1.29 is 32.0 Å². The van der Waals surface area contributed by atoms with E-state index in [9.17, 15) is 32.5 Å². The van der Waals surface area contributed by atoms with Crippen molar-refractivity contribution >= 4 is 23.0 Å². The Bertz CT molecular complexity index is 1080. The normalized spacial score (nSPS) is 18.5. The quantitative estimate of drug-likeness (QED) is 0.444. The molecule has 1 fully saturated rings. The Morgan fingerprint density at radius 2 is 2.03 bits per heavy atom. The van der Waals surface area contributed by atoms with Gasteiger partial charge in [-0.2, -0.15) is 18.4 Å². The van der Waals surface area contributed by atoms with Crippen molar-refractivity contribution in [3.63, 3.8) is 0 Å². The Morgan fingerprint density at radius 3 is 2.58 bits per heavy atom. The molecule has 162 valence electrons. The molecule has 1 N–H and O–H groups in total. The number of alkyl halides is 3. The summed E-state index contributed by atoms with van der Waals surface area (Å²) in [6.07, 6.45) is -8.95. The second-order valence-corrected chi connectivity index (χ2v) is 6.69. The van der Waals surface area contributed by atoms with Crippen LogP contribution in [0.25, 0.3) is 0 Å². The van der Waals surface area contributed by atoms with Gasteiger partial charge in [-0.1, -0.05) is 0 Å². The lowest BCUT2D eigenvalue weighted by atomic mass is 10.1. The predicted octanol–water partition coefficient (Wildman–Crippen LogP) is 3.65. The smallest absolute Gasteiger partial charge is 0.335 e. The number of nitrogens with one attached hydrogen (secondary N) is 1. The summed E-state index contributed by atoms with van der Waals surface area (Å²) in [6, 6.07) is 8.33. The van der Waals surface area contributed by atoms with E-state index in [1.165, 1.54) is 19.1 Å². The average molecular weight is 438 g/mol. The van der Waals surface area contributed by atoms with Crippen LogP contribution < -0.4 is 10.2 Å². The van der Waals surface area contributed by atoms with Crippen molar-refractivity contribution in [2.24, 2.45) is 0 Å². The monoisotopic (exact) mass is 438 g/mol. The average Bonchev–Trinajstić information content (AvgIpc) is 3.15. The van der Waals surface area contributed by atoms with E-state index in [0.717, 1.165) is 29.2 Å². The summed E-state index contributed by atoms with van der Waals surface area (Å²) in [7, 11) is 0. The molecular formula is C19H14F4N4O4. The number of ether oxygens (including phenoxy) is 1. The van der Waals surface area contributed by atoms with Crippen molar-refractivity contribution in [1.82, 2.24) is 0 Å². The number of nitrogens with zero attached hydrogens (tertiary/aromatic N) is 3. The number of anilines is 2. The van der Waals surface area contributed by atoms with Crippen molar-refractivity contribution in [3.05, 3.63) is 63.5 Å². The lowest BCUT2D eigenvalue weighted by molar-refractivity contribution is -0.385. The zero-order chi connectivity index (χ0) is 22.9. The zero-order valence-corrected chi connectivity index (χ0v) is 15.8. The molecule has 2 aromatic carbocycles. The third kappa shape index (κ3) is 4.56. The largest absolute Gasteiger partial charge is 0.433 e. The number of nitriles is 1. The summed E-state index contributed by atoms with van der Waals surface area (Å²) < 4.78 is 59.5. The van der Waals surface area contributed by atoms with Crippen molar-refractivity contribution in [2.45, 2.75) is 25.4 Å². The van der Waals surface area contributed by atoms with Gasteiger partial charge in [-0.25, -0.2) is 4.39 Å². The Labute approximate surface area is 172 Å². The number of carbonyl (C=O) groups excluding carboxylic acids is 1. The molecule has 0 aromatic heterocycles. The fourth-order valence-corrected chi connectivity index (χ4v) is 3.11. The number of amides is 1. The van der Waals surface area contributed by atoms with Crippen LogP contribution in [0.2, 0.25) is 0 Å². The third-order valence-corrected chi connectivity index (χ3v) is 4.58. The van der Waals surface area contributed by atoms with Crippen molar-refractivity contribution in [3.8, 4) is 6.07 Å². The Kier molecular flexibility index (Phi) is 5.81. The standard InChI is InChI=1S/C19H14F4N4O4/c1-10-6-12(3-5-15(10)27(29)30)26-9-16(31-18(26)19(21,22)23)17(28)25-14-4-2-11(8-24)7-13(14)20/h2-7,16,18H,9H2,1H3,(H,25,28)/t16-,18+/m0/s1. The van der Waals surface area contributed by atoms with E-state index in [4.69, 9.17) is 10.00 Å². The second kappa shape index (κ2) is 8.19. The molecule has 12 heteroatoms. The summed E-state index contributed by atoms with van der Waals surface area (Å²) in [4.78, 5) is 23.5. The van der Waals surface area contributed by atoms with Gasteiger partial charge in [0.25, 0.3) is 11.6 Å². The first-order valence-electron chi connectivity index (χ1n) is 8.75. The van der Waals surface area contributed by atoms with Crippen molar-refractivity contribution in [1.29, 1.82) is 5.26 Å². The second-order valence-electron chi connectivity index (χ2n) is 6.69. The fraction of sp³-hybridized carbons (Fsp3) is 0.263. The minimum absolute atomic E-state index is 0.00414. The molecule has 1 aliphatic heterocycles. The summed E-state index contributed by atoms with van der Waals surface area (Å²) in [5.41, 5.74) is -0.468. The molecule has 1 heterocycles. The molecule has 2 atom stereocenters. The lowest BCUT2D eigenvalue weighted by Crippen LogP contribution is -2.42. The van der Waals surface area contributed by atoms with Crippen LogP contribution in [0, 0.1) is 34.2 Å². The molecule has 1 amide bonds. The van der Waals surface area contributed by atoms with Crippen LogP contribution in [-0.2, 0) is 9.53 Å². The number of nitro benzene ring substituents is 1. The molecule has 0 saturated carbocycles. The van der Waals surface area contributed by atoms with Crippen LogP contribution >= 0.6 is 0 Å². The Hall–Kier alpha value is -3.72. The van der Waals surface area contributed by atoms with E-state index in [0.29, 0.717) is 0 Å². The van der Waals surface area contributed by atoms with Crippen LogP contribution in [-0.4, -0.2) is 35.9 Å². The molecule has 1 saturated heterocycles. The third-order valence-electron chi connectivity index (χ3n) is 4.58. The number of aryl methyl sites for hydroxylation is 1. The van der Waals surface area contributed by atoms with E-state index in [1.54, 1.807) is 6.07 Å². The number of halogens is 4. The highest BCUT2D eigenvalue weighted by atomic mass is 19.4. The summed E-state index contributed by atoms with van der Waals surface area (Å²) >= 11 is 0. The van der Waals surface area contributed by atoms with Gasteiger partial charge in [0.15, 0.2) is 6.10 Å². The van der Waals surface area contributed by atoms with Crippen LogP contribution in [0.5, 0.6) is 0 Å². The summed E-state index contributed by atoms with van der Waals surface area (Å²) in [5.74, 6) is -1.94. The van der Waals surface area contributed by atoms with E-state index >= 15 is 0 Å². The highest BCUT2D eigenvalue weighted by molar-refractivity contribution is 5.95. The molecule has 0 unspecified atom stereocenters. The van der Waals surface area contributed by atoms with Crippen LogP contribution in [0.4, 0.5) is 34.6 Å². The number of benzene rings is 2. The van der Waals surface area contributed by atoms with Gasteiger partial charge in [0.1, 0.15) is 5.82 Å². The van der Waals surface area contributed by atoms with Gasteiger partial charge < -0.3 is 15.0 Å². The highest BCUT2D eigenvalue weighted by Gasteiger charge is 2.52. The molecule has 0 bridgehead atoms. The lowest BCUT2D eigenvalue weighted by Gasteiger charge is -2.26. The van der Waals surface area contributed by atoms with Gasteiger partial charge in [0, 0.05) is 17.3 Å². The van der Waals surface area contributed by atoms with E-state index < -0.39 is 41.7 Å². The maximum atomic E-state index is 14.0. The Morgan fingerprint density at radius 1 is 1.32 bits per heavy atom. The van der Waals surface area contributed by atoms with Gasteiger partial charge in [-0.3, -0.25) is 14.9 Å². The molecule has 0 aliphatic carbocycles. The maximum absolute atomic E-state index is 14.0. The molecule has 2 aromatic rings. The topological polar surface area (TPSA) is 108 Å². The molecular weight excluding hydrogens is 424 g/mol.